The summed E-state index contributed by atoms with van der Waals surface area (Å²) >= 11 is 0. The van der Waals surface area contributed by atoms with E-state index in [-0.39, 0.29) is 62.7 Å². The molecule has 2 aliphatic rings. The second-order valence-corrected chi connectivity index (χ2v) is 11.2. The number of hydrogen-bond donors (Lipinski definition) is 1. The van der Waals surface area contributed by atoms with Crippen LogP contribution in [0.25, 0.3) is 0 Å². The lowest BCUT2D eigenvalue weighted by Gasteiger charge is -2.34. The highest BCUT2D eigenvalue weighted by Crippen LogP contribution is 2.29. The minimum atomic E-state index is -1.10. The maximum Gasteiger partial charge on any atom is 0.246 e. The molecule has 2 heterocycles. The number of halogens is 2. The van der Waals surface area contributed by atoms with Gasteiger partial charge in [-0.1, -0.05) is 18.2 Å². The first-order valence-electron chi connectivity index (χ1n) is 14.6. The van der Waals surface area contributed by atoms with Crippen LogP contribution in [0, 0.1) is 11.7 Å². The van der Waals surface area contributed by atoms with E-state index < -0.39 is 24.0 Å². The van der Waals surface area contributed by atoms with Crippen molar-refractivity contribution in [3.05, 3.63) is 65.7 Å². The molecule has 0 spiro atoms. The molecule has 1 aromatic carbocycles. The smallest absolute Gasteiger partial charge is 0.246 e. The van der Waals surface area contributed by atoms with E-state index in [0.717, 1.165) is 11.3 Å². The van der Waals surface area contributed by atoms with E-state index >= 15 is 0 Å². The average molecular weight is 584 g/mol. The largest absolute Gasteiger partial charge is 0.368 e. The predicted molar refractivity (Wildman–Crippen MR) is 152 cm³/mol. The number of rotatable bonds is 12. The van der Waals surface area contributed by atoms with E-state index in [1.165, 1.54) is 26.8 Å². The number of nitrogens with two attached hydrogens (primary N) is 1. The summed E-state index contributed by atoms with van der Waals surface area (Å²) in [5, 5.41) is 0. The molecule has 2 N–H and O–H groups in total. The number of pyridine rings is 1. The van der Waals surface area contributed by atoms with Crippen LogP contribution in [0.15, 0.2) is 48.7 Å². The van der Waals surface area contributed by atoms with Crippen molar-refractivity contribution in [2.24, 2.45) is 11.7 Å². The summed E-state index contributed by atoms with van der Waals surface area (Å²) < 4.78 is 27.0. The lowest BCUT2D eigenvalue weighted by atomic mass is 9.86. The van der Waals surface area contributed by atoms with Crippen molar-refractivity contribution >= 4 is 23.6 Å². The third kappa shape index (κ3) is 8.80. The second-order valence-electron chi connectivity index (χ2n) is 11.2. The molecule has 0 unspecified atom stereocenters. The Hall–Kier alpha value is -3.89. The Balaban J connectivity index is 1.52. The van der Waals surface area contributed by atoms with E-state index in [0.29, 0.717) is 44.9 Å². The molecule has 0 bridgehead atoms. The van der Waals surface area contributed by atoms with Crippen molar-refractivity contribution in [3.63, 3.8) is 0 Å². The quantitative estimate of drug-likeness (QED) is 0.413. The molecule has 0 radical (unpaired) electrons. The molecule has 4 rings (SSSR count). The second kappa shape index (κ2) is 14.8. The maximum absolute atomic E-state index is 14.0. The highest BCUT2D eigenvalue weighted by atomic mass is 19.1. The Morgan fingerprint density at radius 3 is 2.38 bits per heavy atom. The first-order chi connectivity index (χ1) is 20.2. The molecule has 2 aromatic rings. The van der Waals surface area contributed by atoms with Crippen molar-refractivity contribution in [2.45, 2.75) is 63.6 Å². The van der Waals surface area contributed by atoms with Gasteiger partial charge in [0.25, 0.3) is 0 Å². The van der Waals surface area contributed by atoms with E-state index in [9.17, 15) is 28.0 Å². The molecular formula is C31H39F2N5O4. The zero-order chi connectivity index (χ0) is 30.1. The van der Waals surface area contributed by atoms with Crippen molar-refractivity contribution < 1.29 is 28.0 Å². The zero-order valence-electron chi connectivity index (χ0n) is 23.8. The summed E-state index contributed by atoms with van der Waals surface area (Å²) in [5.41, 5.74) is 7.02. The number of carbonyl (C=O) groups excluding carboxylic acids is 4. The van der Waals surface area contributed by atoms with Crippen LogP contribution in [-0.4, -0.2) is 88.2 Å². The minimum absolute atomic E-state index is 0.139. The number of primary amides is 1. The van der Waals surface area contributed by atoms with Crippen LogP contribution >= 0.6 is 0 Å². The van der Waals surface area contributed by atoms with Crippen LogP contribution in [0.2, 0.25) is 0 Å². The number of amides is 4. The number of nitrogens with zero attached hydrogens (tertiary/aromatic N) is 4. The third-order valence-electron chi connectivity index (χ3n) is 8.19. The van der Waals surface area contributed by atoms with Gasteiger partial charge < -0.3 is 20.4 Å². The van der Waals surface area contributed by atoms with Crippen molar-refractivity contribution in [2.75, 3.05) is 32.7 Å². The predicted octanol–water partition coefficient (Wildman–Crippen LogP) is 2.67. The van der Waals surface area contributed by atoms with Gasteiger partial charge in [-0.05, 0) is 74.3 Å². The summed E-state index contributed by atoms with van der Waals surface area (Å²) in [7, 11) is 0. The fourth-order valence-corrected chi connectivity index (χ4v) is 5.73. The normalized spacial score (nSPS) is 21.2. The van der Waals surface area contributed by atoms with Gasteiger partial charge in [-0.25, -0.2) is 8.78 Å². The lowest BCUT2D eigenvalue weighted by Crippen LogP contribution is -2.53. The van der Waals surface area contributed by atoms with Crippen molar-refractivity contribution in [3.8, 4) is 0 Å². The number of carbonyl (C=O) groups is 4. The molecule has 2 fully saturated rings. The summed E-state index contributed by atoms with van der Waals surface area (Å²) in [6.45, 7) is 0.0784. The molecule has 4 amide bonds. The molecule has 1 atom stereocenters. The molecule has 226 valence electrons. The van der Waals surface area contributed by atoms with Crippen molar-refractivity contribution in [1.82, 2.24) is 19.7 Å². The Kier molecular flexibility index (Phi) is 11.0. The molecule has 1 saturated carbocycles. The lowest BCUT2D eigenvalue weighted by molar-refractivity contribution is -0.146. The average Bonchev–Trinajstić information content (AvgIpc) is 3.09. The fraction of sp³-hybridized carbons (Fsp3) is 0.516. The third-order valence-corrected chi connectivity index (χ3v) is 8.19. The Labute approximate surface area is 245 Å². The van der Waals surface area contributed by atoms with Gasteiger partial charge in [0.15, 0.2) is 0 Å². The van der Waals surface area contributed by atoms with Crippen LogP contribution in [0.5, 0.6) is 0 Å². The summed E-state index contributed by atoms with van der Waals surface area (Å²) in [6, 6.07) is 10.3. The van der Waals surface area contributed by atoms with Gasteiger partial charge in [0, 0.05) is 37.9 Å². The van der Waals surface area contributed by atoms with Gasteiger partial charge in [0.05, 0.1) is 19.5 Å². The van der Waals surface area contributed by atoms with Crippen LogP contribution < -0.4 is 5.73 Å². The van der Waals surface area contributed by atoms with E-state index in [2.05, 4.69) is 4.98 Å². The van der Waals surface area contributed by atoms with Crippen LogP contribution in [0.4, 0.5) is 8.78 Å². The molecule has 1 aliphatic heterocycles. The number of benzene rings is 1. The SMILES string of the molecule is NC(=O)CN(CCc1ccccn1)C(=O)[C@@H]1CC(=O)N(CCc2ccc(F)cc2)CC(=O)N1CCC1CCC(F)CC1. The highest BCUT2D eigenvalue weighted by molar-refractivity contribution is 5.97. The molecule has 9 nitrogen and oxygen atoms in total. The zero-order valence-corrected chi connectivity index (χ0v) is 23.8. The molecule has 1 aromatic heterocycles. The number of alkyl halides is 1. The monoisotopic (exact) mass is 583 g/mol. The van der Waals surface area contributed by atoms with Gasteiger partial charge in [-0.15, -0.1) is 0 Å². The van der Waals surface area contributed by atoms with Crippen LogP contribution in [0.3, 0.4) is 0 Å². The fourth-order valence-electron chi connectivity index (χ4n) is 5.73. The van der Waals surface area contributed by atoms with Crippen LogP contribution in [-0.2, 0) is 32.0 Å². The molecule has 11 heteroatoms. The van der Waals surface area contributed by atoms with Gasteiger partial charge in [0.2, 0.25) is 23.6 Å². The Bertz CT molecular complexity index is 1220. The van der Waals surface area contributed by atoms with Gasteiger partial charge >= 0.3 is 0 Å². The Morgan fingerprint density at radius 2 is 1.71 bits per heavy atom. The van der Waals surface area contributed by atoms with Crippen LogP contribution in [0.1, 0.15) is 49.8 Å². The van der Waals surface area contributed by atoms with E-state index in [1.54, 1.807) is 24.4 Å². The maximum atomic E-state index is 14.0. The molecular weight excluding hydrogens is 544 g/mol. The molecule has 1 aliphatic carbocycles. The van der Waals surface area contributed by atoms with Gasteiger partial charge in [0.1, 0.15) is 18.0 Å². The molecule has 1 saturated heterocycles. The Morgan fingerprint density at radius 1 is 0.976 bits per heavy atom. The summed E-state index contributed by atoms with van der Waals surface area (Å²) in [5.74, 6) is -2.07. The van der Waals surface area contributed by atoms with Gasteiger partial charge in [-0.3, -0.25) is 24.2 Å². The highest BCUT2D eigenvalue weighted by Gasteiger charge is 2.40. The van der Waals surface area contributed by atoms with Crippen molar-refractivity contribution in [1.29, 1.82) is 0 Å². The van der Waals surface area contributed by atoms with Gasteiger partial charge in [-0.2, -0.15) is 0 Å². The minimum Gasteiger partial charge on any atom is -0.368 e. The first kappa shape index (κ1) is 31.1. The standard InChI is InChI=1S/C31H39F2N5O4/c32-24-8-4-22(5-9-24)12-16-36-21-30(41)38(18-13-23-6-10-25(33)11-7-23)27(19-29(36)40)31(42)37(20-28(34)39)17-14-26-3-1-2-15-35-26/h1-5,8-9,15,23,25,27H,6-7,10-14,16-21H2,(H2,34,39)/t23?,25?,27-/m0/s1. The summed E-state index contributed by atoms with van der Waals surface area (Å²) in [4.78, 5) is 61.5. The first-order valence-corrected chi connectivity index (χ1v) is 14.6. The topological polar surface area (TPSA) is 117 Å². The van der Waals surface area contributed by atoms with E-state index in [4.69, 9.17) is 5.73 Å². The summed E-state index contributed by atoms with van der Waals surface area (Å²) in [6.07, 6.45) is 4.37. The van der Waals surface area contributed by atoms with E-state index in [1.807, 2.05) is 12.1 Å². The molecule has 42 heavy (non-hydrogen) atoms. The number of aromatic nitrogens is 1. The number of hydrogen-bond acceptors (Lipinski definition) is 5.